The highest BCUT2D eigenvalue weighted by molar-refractivity contribution is 8.16. The molecular weight excluding hydrogens is 427 g/mol. The Kier molecular flexibility index (Phi) is 4.96. The molecule has 2 aromatic rings. The molecule has 2 unspecified atom stereocenters. The molecule has 0 aliphatic carbocycles. The molecule has 0 spiro atoms. The van der Waals surface area contributed by atoms with E-state index >= 15 is 0 Å². The third-order valence-corrected chi connectivity index (χ3v) is 8.22. The Balaban J connectivity index is 1.78. The van der Waals surface area contributed by atoms with Crippen molar-refractivity contribution in [1.82, 2.24) is 0 Å². The van der Waals surface area contributed by atoms with Gasteiger partial charge in [0.2, 0.25) is 0 Å². The molecule has 2 aliphatic heterocycles. The molecule has 2 aliphatic rings. The molecule has 0 saturated carbocycles. The number of amides is 1. The molecule has 0 N–H and O–H groups in total. The monoisotopic (exact) mass is 440 g/mol. The van der Waals surface area contributed by atoms with Crippen molar-refractivity contribution >= 4 is 61.6 Å². The zero-order valence-electron chi connectivity index (χ0n) is 13.9. The molecular formula is C18H14Cl2N2O3S2. The first-order valence-corrected chi connectivity index (χ1v) is 11.6. The van der Waals surface area contributed by atoms with E-state index in [1.54, 1.807) is 47.4 Å². The number of fused-ring (bicyclic) bond motifs is 1. The zero-order chi connectivity index (χ0) is 19.2. The van der Waals surface area contributed by atoms with Crippen LogP contribution in [0.15, 0.2) is 53.5 Å². The van der Waals surface area contributed by atoms with Crippen molar-refractivity contribution in [3.63, 3.8) is 0 Å². The standard InChI is InChI=1S/C18H14Cl2N2O3S2/c19-12-6-7-13(20)14(8-12)22-15-9-27(24,25)10-16(15)26-18(22)21-17(23)11-4-2-1-3-5-11/h1-8,15-16H,9-10H2. The molecule has 2 saturated heterocycles. The van der Waals surface area contributed by atoms with E-state index in [2.05, 4.69) is 4.99 Å². The molecule has 2 heterocycles. The van der Waals surface area contributed by atoms with Crippen molar-refractivity contribution in [2.75, 3.05) is 16.4 Å². The average molecular weight is 441 g/mol. The van der Waals surface area contributed by atoms with E-state index in [1.165, 1.54) is 11.8 Å². The molecule has 4 rings (SSSR count). The maximum absolute atomic E-state index is 12.6. The number of hydrogen-bond donors (Lipinski definition) is 0. The van der Waals surface area contributed by atoms with Gasteiger partial charge in [-0.3, -0.25) is 4.79 Å². The Labute approximate surface area is 171 Å². The van der Waals surface area contributed by atoms with Crippen LogP contribution < -0.4 is 4.90 Å². The smallest absolute Gasteiger partial charge is 0.279 e. The van der Waals surface area contributed by atoms with Crippen LogP contribution in [-0.4, -0.2) is 42.3 Å². The van der Waals surface area contributed by atoms with Crippen molar-refractivity contribution in [2.24, 2.45) is 4.99 Å². The van der Waals surface area contributed by atoms with Crippen LogP contribution in [0.1, 0.15) is 10.4 Å². The van der Waals surface area contributed by atoms with Crippen LogP contribution in [0, 0.1) is 0 Å². The Morgan fingerprint density at radius 3 is 2.59 bits per heavy atom. The van der Waals surface area contributed by atoms with Gasteiger partial charge < -0.3 is 4.90 Å². The molecule has 2 atom stereocenters. The molecule has 1 amide bonds. The lowest BCUT2D eigenvalue weighted by Gasteiger charge is -2.25. The van der Waals surface area contributed by atoms with Crippen molar-refractivity contribution in [3.05, 3.63) is 64.1 Å². The summed E-state index contributed by atoms with van der Waals surface area (Å²) >= 11 is 13.8. The molecule has 0 bridgehead atoms. The fourth-order valence-corrected chi connectivity index (χ4v) is 7.53. The summed E-state index contributed by atoms with van der Waals surface area (Å²) in [6.07, 6.45) is 0. The van der Waals surface area contributed by atoms with Crippen molar-refractivity contribution in [3.8, 4) is 0 Å². The van der Waals surface area contributed by atoms with E-state index in [9.17, 15) is 13.2 Å². The lowest BCUT2D eigenvalue weighted by atomic mass is 10.2. The predicted molar refractivity (Wildman–Crippen MR) is 111 cm³/mol. The number of amidine groups is 1. The SMILES string of the molecule is O=C(N=C1SC2CS(=O)(=O)CC2N1c1cc(Cl)ccc1Cl)c1ccccc1. The third-order valence-electron chi connectivity index (χ3n) is 4.45. The fourth-order valence-electron chi connectivity index (χ4n) is 3.25. The van der Waals surface area contributed by atoms with Crippen LogP contribution in [0.4, 0.5) is 5.69 Å². The number of carbonyl (C=O) groups excluding carboxylic acids is 1. The first-order valence-electron chi connectivity index (χ1n) is 8.13. The first kappa shape index (κ1) is 18.8. The van der Waals surface area contributed by atoms with E-state index < -0.39 is 9.84 Å². The minimum Gasteiger partial charge on any atom is -0.314 e. The first-order chi connectivity index (χ1) is 12.8. The van der Waals surface area contributed by atoms with Gasteiger partial charge in [-0.2, -0.15) is 4.99 Å². The van der Waals surface area contributed by atoms with E-state index in [0.29, 0.717) is 26.5 Å². The number of sulfone groups is 1. The normalized spacial score (nSPS) is 25.0. The van der Waals surface area contributed by atoms with Crippen LogP contribution >= 0.6 is 35.0 Å². The van der Waals surface area contributed by atoms with Gasteiger partial charge in [-0.1, -0.05) is 53.2 Å². The molecule has 2 aromatic carbocycles. The third kappa shape index (κ3) is 3.74. The summed E-state index contributed by atoms with van der Waals surface area (Å²) in [6, 6.07) is 13.4. The molecule has 140 valence electrons. The molecule has 2 fully saturated rings. The number of benzene rings is 2. The second-order valence-electron chi connectivity index (χ2n) is 6.33. The summed E-state index contributed by atoms with van der Waals surface area (Å²) in [6.45, 7) is 0. The Bertz CT molecular complexity index is 1040. The highest BCUT2D eigenvalue weighted by Crippen LogP contribution is 2.43. The quantitative estimate of drug-likeness (QED) is 0.707. The number of anilines is 1. The lowest BCUT2D eigenvalue weighted by molar-refractivity contribution is 0.100. The van der Waals surface area contributed by atoms with E-state index in [-0.39, 0.29) is 28.7 Å². The highest BCUT2D eigenvalue weighted by atomic mass is 35.5. The van der Waals surface area contributed by atoms with Crippen LogP contribution in [0.2, 0.25) is 10.0 Å². The summed E-state index contributed by atoms with van der Waals surface area (Å²) in [5, 5.41) is 1.13. The molecule has 0 radical (unpaired) electrons. The fraction of sp³-hybridized carbons (Fsp3) is 0.222. The van der Waals surface area contributed by atoms with Gasteiger partial charge >= 0.3 is 0 Å². The molecule has 0 aromatic heterocycles. The zero-order valence-corrected chi connectivity index (χ0v) is 17.0. The van der Waals surface area contributed by atoms with Crippen LogP contribution in [0.3, 0.4) is 0 Å². The average Bonchev–Trinajstić information content (AvgIpc) is 3.09. The number of halogens is 2. The topological polar surface area (TPSA) is 66.8 Å². The maximum Gasteiger partial charge on any atom is 0.279 e. The summed E-state index contributed by atoms with van der Waals surface area (Å²) in [5.41, 5.74) is 1.02. The number of rotatable bonds is 2. The van der Waals surface area contributed by atoms with Crippen molar-refractivity contribution in [2.45, 2.75) is 11.3 Å². The van der Waals surface area contributed by atoms with Crippen LogP contribution in [-0.2, 0) is 9.84 Å². The van der Waals surface area contributed by atoms with Gasteiger partial charge in [-0.15, -0.1) is 0 Å². The van der Waals surface area contributed by atoms with Crippen LogP contribution in [0.25, 0.3) is 0 Å². The van der Waals surface area contributed by atoms with E-state index in [4.69, 9.17) is 23.2 Å². The van der Waals surface area contributed by atoms with Gasteiger partial charge in [0.25, 0.3) is 5.91 Å². The summed E-state index contributed by atoms with van der Waals surface area (Å²) < 4.78 is 24.2. The lowest BCUT2D eigenvalue weighted by Crippen LogP contribution is -2.38. The van der Waals surface area contributed by atoms with Crippen LogP contribution in [0.5, 0.6) is 0 Å². The second-order valence-corrected chi connectivity index (χ2v) is 10.5. The summed E-state index contributed by atoms with van der Waals surface area (Å²) in [4.78, 5) is 18.6. The maximum atomic E-state index is 12.6. The van der Waals surface area contributed by atoms with Gasteiger partial charge in [0, 0.05) is 15.8 Å². The number of aliphatic imine (C=N–C) groups is 1. The van der Waals surface area contributed by atoms with E-state index in [0.717, 1.165) is 0 Å². The predicted octanol–water partition coefficient (Wildman–Crippen LogP) is 3.91. The molecule has 27 heavy (non-hydrogen) atoms. The Morgan fingerprint density at radius 1 is 1.11 bits per heavy atom. The molecule has 5 nitrogen and oxygen atoms in total. The Morgan fingerprint density at radius 2 is 1.85 bits per heavy atom. The highest BCUT2D eigenvalue weighted by Gasteiger charge is 2.49. The Hall–Kier alpha value is -1.54. The summed E-state index contributed by atoms with van der Waals surface area (Å²) in [5.74, 6) is -0.342. The molecule has 9 heteroatoms. The number of thioether (sulfide) groups is 1. The second kappa shape index (κ2) is 7.13. The van der Waals surface area contributed by atoms with Gasteiger partial charge in [0.1, 0.15) is 0 Å². The van der Waals surface area contributed by atoms with Gasteiger partial charge in [-0.25, -0.2) is 8.42 Å². The number of carbonyl (C=O) groups is 1. The van der Waals surface area contributed by atoms with Gasteiger partial charge in [-0.05, 0) is 30.3 Å². The minimum atomic E-state index is -3.15. The van der Waals surface area contributed by atoms with E-state index in [1.807, 2.05) is 6.07 Å². The van der Waals surface area contributed by atoms with Gasteiger partial charge in [0.15, 0.2) is 15.0 Å². The summed E-state index contributed by atoms with van der Waals surface area (Å²) in [7, 11) is -3.15. The van der Waals surface area contributed by atoms with Crippen molar-refractivity contribution in [1.29, 1.82) is 0 Å². The number of nitrogens with zero attached hydrogens (tertiary/aromatic N) is 2. The largest absolute Gasteiger partial charge is 0.314 e. The van der Waals surface area contributed by atoms with Crippen molar-refractivity contribution < 1.29 is 13.2 Å². The van der Waals surface area contributed by atoms with Gasteiger partial charge in [0.05, 0.1) is 28.3 Å². The minimum absolute atomic E-state index is 0.00788. The number of hydrogen-bond acceptors (Lipinski definition) is 4.